The fourth-order valence-electron chi connectivity index (χ4n) is 2.66. The van der Waals surface area contributed by atoms with Gasteiger partial charge in [-0.2, -0.15) is 0 Å². The topological polar surface area (TPSA) is 61.4 Å². The molecule has 0 saturated carbocycles. The van der Waals surface area contributed by atoms with Gasteiger partial charge in [0.2, 0.25) is 0 Å². The van der Waals surface area contributed by atoms with E-state index in [0.717, 1.165) is 20.7 Å². The van der Waals surface area contributed by atoms with Crippen molar-refractivity contribution in [1.29, 1.82) is 0 Å². The summed E-state index contributed by atoms with van der Waals surface area (Å²) >= 11 is 2.91. The van der Waals surface area contributed by atoms with Crippen LogP contribution >= 0.6 is 23.3 Å². The third-order valence-electron chi connectivity index (χ3n) is 3.87. The van der Waals surface area contributed by atoms with Crippen molar-refractivity contribution in [3.05, 3.63) is 71.6 Å². The molecule has 0 fully saturated rings. The molecule has 3 N–H and O–H groups in total. The molecule has 1 amide bonds. The van der Waals surface area contributed by atoms with Gasteiger partial charge in [-0.3, -0.25) is 10.0 Å². The van der Waals surface area contributed by atoms with Crippen molar-refractivity contribution < 1.29 is 10.0 Å². The molecule has 25 heavy (non-hydrogen) atoms. The van der Waals surface area contributed by atoms with Gasteiger partial charge in [0.15, 0.2) is 0 Å². The summed E-state index contributed by atoms with van der Waals surface area (Å²) in [5.41, 5.74) is 2.63. The molecule has 3 aromatic carbocycles. The van der Waals surface area contributed by atoms with Crippen LogP contribution in [0.5, 0.6) is 0 Å². The second kappa shape index (κ2) is 6.76. The molecular formula is C19H14N2O2S2. The Bertz CT molecular complexity index is 1070. The van der Waals surface area contributed by atoms with E-state index in [0.29, 0.717) is 4.88 Å². The molecule has 0 atom stereocenters. The van der Waals surface area contributed by atoms with Gasteiger partial charge in [0.05, 0.1) is 4.88 Å². The van der Waals surface area contributed by atoms with Crippen LogP contribution in [0, 0.1) is 0 Å². The highest BCUT2D eigenvalue weighted by Crippen LogP contribution is 2.32. The van der Waals surface area contributed by atoms with E-state index in [1.807, 2.05) is 30.3 Å². The summed E-state index contributed by atoms with van der Waals surface area (Å²) < 4.78 is 4.36. The Morgan fingerprint density at radius 2 is 1.80 bits per heavy atom. The largest absolute Gasteiger partial charge is 0.326 e. The molecule has 0 aliphatic rings. The van der Waals surface area contributed by atoms with Crippen molar-refractivity contribution >= 4 is 55.7 Å². The standard InChI is InChI=1S/C19H14N2O2S2/c22-19(20-23)18-10-13-8-9-14(11-17(13)24-18)21-25-16-7-3-5-12-4-1-2-6-15(12)16/h1-11,21,23H,(H,20,22). The Kier molecular flexibility index (Phi) is 4.31. The minimum atomic E-state index is -0.485. The van der Waals surface area contributed by atoms with Crippen LogP contribution in [-0.2, 0) is 0 Å². The van der Waals surface area contributed by atoms with Crippen LogP contribution in [0.3, 0.4) is 0 Å². The molecule has 0 spiro atoms. The Morgan fingerprint density at radius 1 is 0.960 bits per heavy atom. The van der Waals surface area contributed by atoms with E-state index in [9.17, 15) is 4.79 Å². The Balaban J connectivity index is 1.59. The number of nitrogens with one attached hydrogen (secondary N) is 2. The molecule has 0 aliphatic carbocycles. The van der Waals surface area contributed by atoms with E-state index in [1.54, 1.807) is 23.5 Å². The van der Waals surface area contributed by atoms with Gasteiger partial charge >= 0.3 is 0 Å². The number of benzene rings is 3. The van der Waals surface area contributed by atoms with Gasteiger partial charge in [0, 0.05) is 15.3 Å². The Morgan fingerprint density at radius 3 is 2.68 bits per heavy atom. The van der Waals surface area contributed by atoms with Crippen LogP contribution in [0.2, 0.25) is 0 Å². The predicted molar refractivity (Wildman–Crippen MR) is 105 cm³/mol. The Hall–Kier alpha value is -2.54. The monoisotopic (exact) mass is 366 g/mol. The molecule has 0 saturated heterocycles. The summed E-state index contributed by atoms with van der Waals surface area (Å²) in [6.07, 6.45) is 0. The van der Waals surface area contributed by atoms with Gasteiger partial charge in [0.1, 0.15) is 0 Å². The summed E-state index contributed by atoms with van der Waals surface area (Å²) in [5, 5.41) is 12.2. The molecule has 4 nitrogen and oxygen atoms in total. The first-order valence-corrected chi connectivity index (χ1v) is 9.26. The molecule has 6 heteroatoms. The van der Waals surface area contributed by atoms with Crippen molar-refractivity contribution in [1.82, 2.24) is 5.48 Å². The lowest BCUT2D eigenvalue weighted by atomic mass is 10.1. The van der Waals surface area contributed by atoms with Crippen molar-refractivity contribution in [2.45, 2.75) is 4.90 Å². The highest BCUT2D eigenvalue weighted by Gasteiger charge is 2.10. The molecule has 4 rings (SSSR count). The molecule has 0 bridgehead atoms. The molecule has 4 aromatic rings. The minimum Gasteiger partial charge on any atom is -0.326 e. The first-order chi connectivity index (χ1) is 12.2. The predicted octanol–water partition coefficient (Wildman–Crippen LogP) is 5.29. The summed E-state index contributed by atoms with van der Waals surface area (Å²) in [5.74, 6) is -0.485. The number of carbonyl (C=O) groups excluding carboxylic acids is 1. The van der Waals surface area contributed by atoms with Crippen LogP contribution in [-0.4, -0.2) is 11.1 Å². The summed E-state index contributed by atoms with van der Waals surface area (Å²) in [7, 11) is 0. The number of carbonyl (C=O) groups is 1. The number of hydrogen-bond donors (Lipinski definition) is 3. The van der Waals surface area contributed by atoms with Gasteiger partial charge in [-0.25, -0.2) is 5.48 Å². The minimum absolute atomic E-state index is 0.483. The zero-order valence-electron chi connectivity index (χ0n) is 13.0. The number of thiophene rings is 1. The number of amides is 1. The normalized spacial score (nSPS) is 10.9. The Labute approximate surface area is 152 Å². The van der Waals surface area contributed by atoms with Crippen molar-refractivity contribution in [3.63, 3.8) is 0 Å². The van der Waals surface area contributed by atoms with Gasteiger partial charge in [-0.15, -0.1) is 11.3 Å². The molecule has 0 radical (unpaired) electrons. The van der Waals surface area contributed by atoms with Crippen LogP contribution in [0.25, 0.3) is 20.9 Å². The smallest absolute Gasteiger partial charge is 0.284 e. The molecule has 1 aromatic heterocycles. The number of rotatable bonds is 4. The fourth-order valence-corrected chi connectivity index (χ4v) is 4.45. The number of hydrogen-bond acceptors (Lipinski definition) is 5. The second-order valence-electron chi connectivity index (χ2n) is 5.49. The molecule has 0 aliphatic heterocycles. The highest BCUT2D eigenvalue weighted by molar-refractivity contribution is 8.00. The lowest BCUT2D eigenvalue weighted by molar-refractivity contribution is 0.0711. The van der Waals surface area contributed by atoms with E-state index in [4.69, 9.17) is 5.21 Å². The summed E-state index contributed by atoms with van der Waals surface area (Å²) in [6.45, 7) is 0. The maximum atomic E-state index is 11.5. The van der Waals surface area contributed by atoms with E-state index >= 15 is 0 Å². The zero-order chi connectivity index (χ0) is 17.2. The van der Waals surface area contributed by atoms with Gasteiger partial charge in [0.25, 0.3) is 5.91 Å². The maximum absolute atomic E-state index is 11.5. The second-order valence-corrected chi connectivity index (χ2v) is 7.42. The van der Waals surface area contributed by atoms with Crippen LogP contribution in [0.1, 0.15) is 9.67 Å². The maximum Gasteiger partial charge on any atom is 0.284 e. The lowest BCUT2D eigenvalue weighted by Gasteiger charge is -2.08. The van der Waals surface area contributed by atoms with E-state index in [2.05, 4.69) is 35.1 Å². The van der Waals surface area contributed by atoms with Gasteiger partial charge in [-0.05, 0) is 52.4 Å². The number of hydroxylamine groups is 1. The zero-order valence-corrected chi connectivity index (χ0v) is 14.7. The van der Waals surface area contributed by atoms with Crippen molar-refractivity contribution in [2.24, 2.45) is 0 Å². The first kappa shape index (κ1) is 16.0. The molecule has 124 valence electrons. The molecule has 0 unspecified atom stereocenters. The SMILES string of the molecule is O=C(NO)c1cc2ccc(NSc3cccc4ccccc34)cc2s1. The summed E-state index contributed by atoms with van der Waals surface area (Å²) in [6, 6.07) is 22.3. The van der Waals surface area contributed by atoms with Crippen LogP contribution in [0.15, 0.2) is 71.6 Å². The number of anilines is 1. The van der Waals surface area contributed by atoms with Gasteiger partial charge in [-0.1, -0.05) is 42.5 Å². The first-order valence-electron chi connectivity index (χ1n) is 7.63. The third-order valence-corrected chi connectivity index (χ3v) is 5.88. The van der Waals surface area contributed by atoms with E-state index in [-0.39, 0.29) is 0 Å². The molecule has 1 heterocycles. The van der Waals surface area contributed by atoms with E-state index in [1.165, 1.54) is 22.1 Å². The van der Waals surface area contributed by atoms with Crippen LogP contribution in [0.4, 0.5) is 5.69 Å². The quantitative estimate of drug-likeness (QED) is 0.261. The van der Waals surface area contributed by atoms with Crippen LogP contribution < -0.4 is 10.2 Å². The lowest BCUT2D eigenvalue weighted by Crippen LogP contribution is -2.16. The third kappa shape index (κ3) is 3.19. The number of fused-ring (bicyclic) bond motifs is 2. The van der Waals surface area contributed by atoms with Gasteiger partial charge < -0.3 is 4.72 Å². The highest BCUT2D eigenvalue weighted by atomic mass is 32.2. The van der Waals surface area contributed by atoms with E-state index < -0.39 is 5.91 Å². The van der Waals surface area contributed by atoms with Crippen molar-refractivity contribution in [2.75, 3.05) is 4.72 Å². The molecular weight excluding hydrogens is 352 g/mol. The summed E-state index contributed by atoms with van der Waals surface area (Å²) in [4.78, 5) is 13.2. The average molecular weight is 366 g/mol. The average Bonchev–Trinajstić information content (AvgIpc) is 3.09. The fraction of sp³-hybridized carbons (Fsp3) is 0. The van der Waals surface area contributed by atoms with Crippen molar-refractivity contribution in [3.8, 4) is 0 Å².